The molecule has 4 nitrogen and oxygen atoms in total. The van der Waals surface area contributed by atoms with Crippen LogP contribution in [0.5, 0.6) is 0 Å². The van der Waals surface area contributed by atoms with Crippen molar-refractivity contribution in [1.82, 2.24) is 5.32 Å². The summed E-state index contributed by atoms with van der Waals surface area (Å²) in [7, 11) is 0. The van der Waals surface area contributed by atoms with E-state index in [9.17, 15) is 4.79 Å². The second-order valence-corrected chi connectivity index (χ2v) is 5.78. The number of nitrogens with two attached hydrogens (primary N) is 1. The van der Waals surface area contributed by atoms with Gasteiger partial charge in [-0.15, -0.1) is 0 Å². The third-order valence-corrected chi connectivity index (χ3v) is 3.96. The second kappa shape index (κ2) is 6.39. The molecule has 1 aromatic carbocycles. The molecule has 1 unspecified atom stereocenters. The number of halogens is 1. The van der Waals surface area contributed by atoms with E-state index in [-0.39, 0.29) is 11.9 Å². The lowest BCUT2D eigenvalue weighted by atomic mass is 10.1. The lowest BCUT2D eigenvalue weighted by molar-refractivity contribution is -0.122. The highest BCUT2D eigenvalue weighted by Crippen LogP contribution is 2.27. The molecule has 0 radical (unpaired) electrons. The van der Waals surface area contributed by atoms with Crippen molar-refractivity contribution in [2.24, 2.45) is 5.73 Å². The number of anilines is 1. The molecular weight excluding hydrogens is 306 g/mol. The Hall–Kier alpha value is -1.07. The SMILES string of the molecule is Cc1cc(Br)ccc1N1CCCNC(=O)C1CCN. The first-order valence-electron chi connectivity index (χ1n) is 6.64. The fourth-order valence-electron chi connectivity index (χ4n) is 2.55. The molecule has 19 heavy (non-hydrogen) atoms. The molecule has 1 aromatic rings. The molecule has 3 N–H and O–H groups in total. The van der Waals surface area contributed by atoms with E-state index in [4.69, 9.17) is 5.73 Å². The molecule has 0 aromatic heterocycles. The molecule has 1 heterocycles. The molecule has 0 bridgehead atoms. The van der Waals surface area contributed by atoms with Crippen LogP contribution in [0.1, 0.15) is 18.4 Å². The van der Waals surface area contributed by atoms with E-state index in [2.05, 4.69) is 45.2 Å². The molecule has 1 aliphatic rings. The van der Waals surface area contributed by atoms with Crippen molar-refractivity contribution < 1.29 is 4.79 Å². The second-order valence-electron chi connectivity index (χ2n) is 4.86. The van der Waals surface area contributed by atoms with Gasteiger partial charge < -0.3 is 16.0 Å². The topological polar surface area (TPSA) is 58.4 Å². The molecule has 1 atom stereocenters. The van der Waals surface area contributed by atoms with E-state index in [0.29, 0.717) is 13.0 Å². The van der Waals surface area contributed by atoms with Crippen LogP contribution in [0.2, 0.25) is 0 Å². The Morgan fingerprint density at radius 2 is 2.32 bits per heavy atom. The van der Waals surface area contributed by atoms with E-state index < -0.39 is 0 Å². The Kier molecular flexibility index (Phi) is 4.82. The Morgan fingerprint density at radius 3 is 3.00 bits per heavy atom. The van der Waals surface area contributed by atoms with Gasteiger partial charge in [0.1, 0.15) is 6.04 Å². The van der Waals surface area contributed by atoms with Gasteiger partial charge in [-0.2, -0.15) is 0 Å². The zero-order valence-corrected chi connectivity index (χ0v) is 12.7. The largest absolute Gasteiger partial charge is 0.359 e. The maximum atomic E-state index is 12.1. The Balaban J connectivity index is 2.34. The number of nitrogens with zero attached hydrogens (tertiary/aromatic N) is 1. The summed E-state index contributed by atoms with van der Waals surface area (Å²) in [5, 5.41) is 2.96. The molecule has 0 spiro atoms. The average Bonchev–Trinajstić information content (AvgIpc) is 2.54. The number of rotatable bonds is 3. The lowest BCUT2D eigenvalue weighted by Crippen LogP contribution is -2.45. The van der Waals surface area contributed by atoms with Gasteiger partial charge in [0.05, 0.1) is 0 Å². The third kappa shape index (κ3) is 3.28. The van der Waals surface area contributed by atoms with Crippen LogP contribution >= 0.6 is 15.9 Å². The summed E-state index contributed by atoms with van der Waals surface area (Å²) >= 11 is 3.48. The van der Waals surface area contributed by atoms with Crippen LogP contribution < -0.4 is 16.0 Å². The molecule has 1 amide bonds. The summed E-state index contributed by atoms with van der Waals surface area (Å²) in [4.78, 5) is 14.3. The predicted octanol–water partition coefficient (Wildman–Crippen LogP) is 1.80. The maximum Gasteiger partial charge on any atom is 0.242 e. The number of aryl methyl sites for hydroxylation is 1. The zero-order chi connectivity index (χ0) is 13.8. The quantitative estimate of drug-likeness (QED) is 0.891. The Labute approximate surface area is 122 Å². The number of carbonyl (C=O) groups excluding carboxylic acids is 1. The van der Waals surface area contributed by atoms with Crippen LogP contribution in [0.25, 0.3) is 0 Å². The summed E-state index contributed by atoms with van der Waals surface area (Å²) < 4.78 is 1.06. The van der Waals surface area contributed by atoms with Gasteiger partial charge in [0.25, 0.3) is 0 Å². The fourth-order valence-corrected chi connectivity index (χ4v) is 3.03. The first-order chi connectivity index (χ1) is 9.13. The predicted molar refractivity (Wildman–Crippen MR) is 81.3 cm³/mol. The van der Waals surface area contributed by atoms with Crippen molar-refractivity contribution in [2.75, 3.05) is 24.5 Å². The molecule has 1 fully saturated rings. The minimum atomic E-state index is -0.160. The van der Waals surface area contributed by atoms with Crippen LogP contribution in [0.15, 0.2) is 22.7 Å². The highest BCUT2D eigenvalue weighted by atomic mass is 79.9. The maximum absolute atomic E-state index is 12.1. The van der Waals surface area contributed by atoms with Crippen molar-refractivity contribution in [3.63, 3.8) is 0 Å². The van der Waals surface area contributed by atoms with Crippen molar-refractivity contribution in [1.29, 1.82) is 0 Å². The van der Waals surface area contributed by atoms with E-state index in [1.54, 1.807) is 0 Å². The molecule has 104 valence electrons. The van der Waals surface area contributed by atoms with E-state index in [1.807, 2.05) is 6.07 Å². The minimum absolute atomic E-state index is 0.0882. The fraction of sp³-hybridized carbons (Fsp3) is 0.500. The molecule has 0 aliphatic carbocycles. The standard InChI is InChI=1S/C14H20BrN3O/c1-10-9-11(15)3-4-12(10)18-8-2-7-17-14(19)13(18)5-6-16/h3-4,9,13H,2,5-8,16H2,1H3,(H,17,19). The summed E-state index contributed by atoms with van der Waals surface area (Å²) in [5.74, 6) is 0.0882. The smallest absolute Gasteiger partial charge is 0.242 e. The van der Waals surface area contributed by atoms with Crippen LogP contribution in [-0.4, -0.2) is 31.6 Å². The van der Waals surface area contributed by atoms with Gasteiger partial charge in [-0.25, -0.2) is 0 Å². The van der Waals surface area contributed by atoms with Crippen molar-refractivity contribution >= 4 is 27.5 Å². The lowest BCUT2D eigenvalue weighted by Gasteiger charge is -2.31. The molecule has 1 aliphatic heterocycles. The van der Waals surface area contributed by atoms with Gasteiger partial charge in [-0.05, 0) is 50.1 Å². The van der Waals surface area contributed by atoms with Crippen LogP contribution in [0.4, 0.5) is 5.69 Å². The van der Waals surface area contributed by atoms with Gasteiger partial charge in [-0.1, -0.05) is 15.9 Å². The molecule has 5 heteroatoms. The first kappa shape index (κ1) is 14.3. The van der Waals surface area contributed by atoms with E-state index in [1.165, 1.54) is 5.56 Å². The van der Waals surface area contributed by atoms with Crippen LogP contribution in [0.3, 0.4) is 0 Å². The number of carbonyl (C=O) groups is 1. The van der Waals surface area contributed by atoms with Gasteiger partial charge in [0, 0.05) is 23.2 Å². The van der Waals surface area contributed by atoms with Gasteiger partial charge in [0.2, 0.25) is 5.91 Å². The van der Waals surface area contributed by atoms with Crippen molar-refractivity contribution in [3.05, 3.63) is 28.2 Å². The summed E-state index contributed by atoms with van der Waals surface area (Å²) in [6.45, 7) is 4.21. The van der Waals surface area contributed by atoms with Gasteiger partial charge >= 0.3 is 0 Å². The van der Waals surface area contributed by atoms with Gasteiger partial charge in [0.15, 0.2) is 0 Å². The van der Waals surface area contributed by atoms with Crippen LogP contribution in [-0.2, 0) is 4.79 Å². The normalized spacial score (nSPS) is 20.1. The number of hydrogen-bond donors (Lipinski definition) is 2. The molecular formula is C14H20BrN3O. The molecule has 1 saturated heterocycles. The van der Waals surface area contributed by atoms with E-state index >= 15 is 0 Å². The highest BCUT2D eigenvalue weighted by Gasteiger charge is 2.28. The number of nitrogens with one attached hydrogen (secondary N) is 1. The first-order valence-corrected chi connectivity index (χ1v) is 7.43. The van der Waals surface area contributed by atoms with Crippen LogP contribution in [0, 0.1) is 6.92 Å². The minimum Gasteiger partial charge on any atom is -0.359 e. The third-order valence-electron chi connectivity index (χ3n) is 3.46. The molecule has 2 rings (SSSR count). The summed E-state index contributed by atoms with van der Waals surface area (Å²) in [5.41, 5.74) is 7.96. The monoisotopic (exact) mass is 325 g/mol. The number of hydrogen-bond acceptors (Lipinski definition) is 3. The van der Waals surface area contributed by atoms with Gasteiger partial charge in [-0.3, -0.25) is 4.79 Å². The Morgan fingerprint density at radius 1 is 1.53 bits per heavy atom. The summed E-state index contributed by atoms with van der Waals surface area (Å²) in [6, 6.07) is 6.01. The van der Waals surface area contributed by atoms with E-state index in [0.717, 1.165) is 29.7 Å². The molecule has 0 saturated carbocycles. The number of benzene rings is 1. The van der Waals surface area contributed by atoms with Crippen molar-refractivity contribution in [2.45, 2.75) is 25.8 Å². The highest BCUT2D eigenvalue weighted by molar-refractivity contribution is 9.10. The average molecular weight is 326 g/mol. The Bertz CT molecular complexity index is 464. The van der Waals surface area contributed by atoms with Crippen molar-refractivity contribution in [3.8, 4) is 0 Å². The summed E-state index contributed by atoms with van der Waals surface area (Å²) in [6.07, 6.45) is 1.64. The number of amides is 1. The zero-order valence-electron chi connectivity index (χ0n) is 11.2.